The van der Waals surface area contributed by atoms with E-state index in [4.69, 9.17) is 10.5 Å². The first-order valence-corrected chi connectivity index (χ1v) is 5.46. The Morgan fingerprint density at radius 3 is 2.44 bits per heavy atom. The van der Waals surface area contributed by atoms with Crippen molar-refractivity contribution in [3.05, 3.63) is 29.8 Å². The van der Waals surface area contributed by atoms with Gasteiger partial charge in [-0.05, 0) is 24.3 Å². The van der Waals surface area contributed by atoms with Gasteiger partial charge in [-0.3, -0.25) is 15.1 Å². The highest BCUT2D eigenvalue weighted by atomic mass is 32.2. The molecule has 1 aliphatic rings. The Bertz CT molecular complexity index is 453. The normalized spacial score (nSPS) is 15.6. The average Bonchev–Trinajstić information content (AvgIpc) is 2.59. The number of carboxylic acid groups (broad SMARTS) is 1. The van der Waals surface area contributed by atoms with Gasteiger partial charge in [0.25, 0.3) is 0 Å². The molecule has 2 N–H and O–H groups in total. The second-order valence-corrected chi connectivity index (χ2v) is 4.14. The van der Waals surface area contributed by atoms with Crippen molar-refractivity contribution in [2.24, 2.45) is 0 Å². The number of anilines is 1. The number of aromatic carboxylic acids is 1. The molecule has 1 heterocycles. The van der Waals surface area contributed by atoms with Gasteiger partial charge in [-0.15, -0.1) is 0 Å². The highest BCUT2D eigenvalue weighted by Gasteiger charge is 2.28. The van der Waals surface area contributed by atoms with E-state index in [1.807, 2.05) is 0 Å². The van der Waals surface area contributed by atoms with Crippen molar-refractivity contribution >= 4 is 34.5 Å². The molecule has 0 saturated carbocycles. The summed E-state index contributed by atoms with van der Waals surface area (Å²) in [6, 6.07) is 5.89. The molecule has 1 aliphatic heterocycles. The van der Waals surface area contributed by atoms with Crippen LogP contribution in [0.25, 0.3) is 0 Å². The summed E-state index contributed by atoms with van der Waals surface area (Å²) < 4.78 is 0. The molecule has 5 nitrogen and oxygen atoms in total. The molecule has 6 heteroatoms. The minimum atomic E-state index is -1.01. The number of hydrogen-bond acceptors (Lipinski definition) is 4. The van der Waals surface area contributed by atoms with Crippen molar-refractivity contribution in [2.45, 2.75) is 0 Å². The third-order valence-electron chi connectivity index (χ3n) is 2.16. The van der Waals surface area contributed by atoms with E-state index in [0.29, 0.717) is 5.69 Å². The summed E-state index contributed by atoms with van der Waals surface area (Å²) in [5.74, 6) is -0.902. The van der Waals surface area contributed by atoms with Gasteiger partial charge in [-0.25, -0.2) is 4.79 Å². The Labute approximate surface area is 95.6 Å². The van der Waals surface area contributed by atoms with Crippen LogP contribution < -0.4 is 4.90 Å². The van der Waals surface area contributed by atoms with Gasteiger partial charge in [0, 0.05) is 0 Å². The molecule has 1 aromatic rings. The summed E-state index contributed by atoms with van der Waals surface area (Å²) in [7, 11) is 0. The topological polar surface area (TPSA) is 81.5 Å². The Hall–Kier alpha value is -1.82. The Kier molecular flexibility index (Phi) is 2.66. The van der Waals surface area contributed by atoms with Gasteiger partial charge in [0.1, 0.15) is 0 Å². The Balaban J connectivity index is 2.31. The minimum absolute atomic E-state index is 0.155. The number of amides is 1. The number of carbonyl (C=O) groups excluding carboxylic acids is 1. The second kappa shape index (κ2) is 3.97. The van der Waals surface area contributed by atoms with Crippen molar-refractivity contribution in [1.82, 2.24) is 0 Å². The van der Waals surface area contributed by atoms with E-state index < -0.39 is 5.97 Å². The van der Waals surface area contributed by atoms with Crippen LogP contribution in [0, 0.1) is 5.41 Å². The average molecular weight is 236 g/mol. The highest BCUT2D eigenvalue weighted by Crippen LogP contribution is 2.25. The predicted octanol–water partition coefficient (Wildman–Crippen LogP) is 1.40. The minimum Gasteiger partial charge on any atom is -0.478 e. The van der Waals surface area contributed by atoms with Crippen LogP contribution in [0.3, 0.4) is 0 Å². The highest BCUT2D eigenvalue weighted by molar-refractivity contribution is 8.15. The summed E-state index contributed by atoms with van der Waals surface area (Å²) in [4.78, 5) is 23.4. The largest absolute Gasteiger partial charge is 0.478 e. The smallest absolute Gasteiger partial charge is 0.335 e. The molecular weight excluding hydrogens is 228 g/mol. The fourth-order valence-electron chi connectivity index (χ4n) is 1.39. The van der Waals surface area contributed by atoms with E-state index in [1.54, 1.807) is 0 Å². The van der Waals surface area contributed by atoms with Gasteiger partial charge in [0.2, 0.25) is 5.91 Å². The van der Waals surface area contributed by atoms with Crippen LogP contribution in [0.1, 0.15) is 10.4 Å². The molecule has 0 aliphatic carbocycles. The lowest BCUT2D eigenvalue weighted by Gasteiger charge is -2.14. The van der Waals surface area contributed by atoms with Crippen LogP contribution in [-0.4, -0.2) is 27.9 Å². The van der Waals surface area contributed by atoms with E-state index in [-0.39, 0.29) is 22.4 Å². The molecular formula is C10H8N2O3S. The molecule has 82 valence electrons. The van der Waals surface area contributed by atoms with Crippen LogP contribution in [0.15, 0.2) is 24.3 Å². The van der Waals surface area contributed by atoms with Crippen LogP contribution in [0.2, 0.25) is 0 Å². The molecule has 2 rings (SSSR count). The standard InChI is InChI=1S/C10H8N2O3S/c11-10-12(8(13)5-16-10)7-3-1-6(2-4-7)9(14)15/h1-4,11H,5H2,(H,14,15). The van der Waals surface area contributed by atoms with E-state index in [0.717, 1.165) is 11.8 Å². The number of carboxylic acids is 1. The number of nitrogens with zero attached hydrogens (tertiary/aromatic N) is 1. The maximum absolute atomic E-state index is 11.5. The maximum Gasteiger partial charge on any atom is 0.335 e. The zero-order chi connectivity index (χ0) is 11.7. The molecule has 0 aromatic heterocycles. The first-order chi connectivity index (χ1) is 7.59. The Morgan fingerprint density at radius 2 is 2.00 bits per heavy atom. The molecule has 16 heavy (non-hydrogen) atoms. The molecule has 0 radical (unpaired) electrons. The first kappa shape index (κ1) is 10.7. The third-order valence-corrected chi connectivity index (χ3v) is 3.00. The fraction of sp³-hybridized carbons (Fsp3) is 0.100. The summed E-state index contributed by atoms with van der Waals surface area (Å²) in [5, 5.41) is 16.5. The lowest BCUT2D eigenvalue weighted by atomic mass is 10.2. The SMILES string of the molecule is N=C1SCC(=O)N1c1ccc(C(=O)O)cc1. The number of carbonyl (C=O) groups is 2. The number of nitrogens with one attached hydrogen (secondary N) is 1. The van der Waals surface area contributed by atoms with E-state index in [9.17, 15) is 9.59 Å². The third kappa shape index (κ3) is 1.79. The zero-order valence-electron chi connectivity index (χ0n) is 8.14. The quantitative estimate of drug-likeness (QED) is 0.813. The van der Waals surface area contributed by atoms with E-state index in [2.05, 4.69) is 0 Å². The van der Waals surface area contributed by atoms with E-state index >= 15 is 0 Å². The number of amidine groups is 1. The van der Waals surface area contributed by atoms with Crippen LogP contribution in [-0.2, 0) is 4.79 Å². The summed E-state index contributed by atoms with van der Waals surface area (Å²) in [6.45, 7) is 0. The van der Waals surface area contributed by atoms with Crippen molar-refractivity contribution in [2.75, 3.05) is 10.7 Å². The maximum atomic E-state index is 11.5. The van der Waals surface area contributed by atoms with Gasteiger partial charge < -0.3 is 5.11 Å². The predicted molar refractivity (Wildman–Crippen MR) is 61.1 cm³/mol. The first-order valence-electron chi connectivity index (χ1n) is 4.47. The molecule has 0 unspecified atom stereocenters. The van der Waals surface area contributed by atoms with Gasteiger partial charge >= 0.3 is 5.97 Å². The van der Waals surface area contributed by atoms with Crippen LogP contribution >= 0.6 is 11.8 Å². The summed E-state index contributed by atoms with van der Waals surface area (Å²) >= 11 is 1.16. The van der Waals surface area contributed by atoms with Gasteiger partial charge in [0.15, 0.2) is 5.17 Å². The zero-order valence-corrected chi connectivity index (χ0v) is 8.95. The molecule has 1 amide bonds. The molecule has 0 atom stereocenters. The van der Waals surface area contributed by atoms with Crippen molar-refractivity contribution in [3.8, 4) is 0 Å². The fourth-order valence-corrected chi connectivity index (χ4v) is 2.11. The van der Waals surface area contributed by atoms with Crippen LogP contribution in [0.5, 0.6) is 0 Å². The van der Waals surface area contributed by atoms with E-state index in [1.165, 1.54) is 29.2 Å². The molecule has 1 aromatic carbocycles. The van der Waals surface area contributed by atoms with Crippen molar-refractivity contribution in [3.63, 3.8) is 0 Å². The number of benzene rings is 1. The van der Waals surface area contributed by atoms with Gasteiger partial charge in [0.05, 0.1) is 17.0 Å². The van der Waals surface area contributed by atoms with Gasteiger partial charge in [-0.1, -0.05) is 11.8 Å². The number of rotatable bonds is 2. The van der Waals surface area contributed by atoms with Crippen LogP contribution in [0.4, 0.5) is 5.69 Å². The van der Waals surface area contributed by atoms with Gasteiger partial charge in [-0.2, -0.15) is 0 Å². The monoisotopic (exact) mass is 236 g/mol. The lowest BCUT2D eigenvalue weighted by Crippen LogP contribution is -2.28. The molecule has 0 spiro atoms. The molecule has 1 saturated heterocycles. The summed E-state index contributed by atoms with van der Waals surface area (Å²) in [6.07, 6.45) is 0. The lowest BCUT2D eigenvalue weighted by molar-refractivity contribution is -0.115. The molecule has 1 fully saturated rings. The van der Waals surface area contributed by atoms with Crippen molar-refractivity contribution in [1.29, 1.82) is 5.41 Å². The second-order valence-electron chi connectivity index (χ2n) is 3.18. The van der Waals surface area contributed by atoms with Crippen molar-refractivity contribution < 1.29 is 14.7 Å². The number of thioether (sulfide) groups is 1. The number of hydrogen-bond donors (Lipinski definition) is 2. The Morgan fingerprint density at radius 1 is 1.38 bits per heavy atom. The summed E-state index contributed by atoms with van der Waals surface area (Å²) in [5.41, 5.74) is 0.694. The molecule has 0 bridgehead atoms.